The molecular formula is C32H33NO5. The van der Waals surface area contributed by atoms with E-state index in [2.05, 4.69) is 24.3 Å². The first kappa shape index (κ1) is 24.7. The van der Waals surface area contributed by atoms with Crippen LogP contribution in [0.25, 0.3) is 21.7 Å². The van der Waals surface area contributed by atoms with Crippen molar-refractivity contribution in [3.05, 3.63) is 87.8 Å². The van der Waals surface area contributed by atoms with Gasteiger partial charge >= 0.3 is 5.63 Å². The first-order valence-corrected chi connectivity index (χ1v) is 13.6. The maximum atomic E-state index is 13.2. The first-order valence-electron chi connectivity index (χ1n) is 13.6. The molecule has 1 N–H and O–H groups in total. The Morgan fingerprint density at radius 2 is 1.92 bits per heavy atom. The van der Waals surface area contributed by atoms with Crippen molar-refractivity contribution >= 4 is 27.6 Å². The zero-order valence-electron chi connectivity index (χ0n) is 21.7. The van der Waals surface area contributed by atoms with E-state index in [1.54, 1.807) is 6.07 Å². The number of hydrogen-bond acceptors (Lipinski definition) is 5. The predicted octanol–water partition coefficient (Wildman–Crippen LogP) is 5.53. The fourth-order valence-electron chi connectivity index (χ4n) is 6.22. The largest absolute Gasteiger partial charge is 0.489 e. The Balaban J connectivity index is 1.17. The number of carbonyl (C=O) groups excluding carboxylic acids is 1. The van der Waals surface area contributed by atoms with Gasteiger partial charge in [0.05, 0.1) is 17.6 Å². The molecule has 38 heavy (non-hydrogen) atoms. The third-order valence-corrected chi connectivity index (χ3v) is 8.59. The SMILES string of the molecule is Cc1c(CC(=O)N2CC[C@@]3(O)CCCC[C@@H]3C2)c(=O)oc2cc(OCc3ccc4ccccc4c3)ccc12. The van der Waals surface area contributed by atoms with Crippen LogP contribution in [0.2, 0.25) is 0 Å². The summed E-state index contributed by atoms with van der Waals surface area (Å²) in [4.78, 5) is 28.0. The zero-order valence-corrected chi connectivity index (χ0v) is 21.7. The lowest BCUT2D eigenvalue weighted by Gasteiger charge is -2.47. The van der Waals surface area contributed by atoms with Crippen molar-refractivity contribution in [2.75, 3.05) is 13.1 Å². The van der Waals surface area contributed by atoms with E-state index >= 15 is 0 Å². The van der Waals surface area contributed by atoms with Crippen LogP contribution in [0.3, 0.4) is 0 Å². The molecule has 1 amide bonds. The minimum absolute atomic E-state index is 0.00940. The summed E-state index contributed by atoms with van der Waals surface area (Å²) < 4.78 is 11.7. The second kappa shape index (κ2) is 9.91. The maximum Gasteiger partial charge on any atom is 0.340 e. The van der Waals surface area contributed by atoms with E-state index < -0.39 is 11.2 Å². The summed E-state index contributed by atoms with van der Waals surface area (Å²) in [6.07, 6.45) is 4.53. The number of benzene rings is 3. The fourth-order valence-corrected chi connectivity index (χ4v) is 6.22. The van der Waals surface area contributed by atoms with Gasteiger partial charge in [-0.2, -0.15) is 0 Å². The topological polar surface area (TPSA) is 80.0 Å². The van der Waals surface area contributed by atoms with Crippen LogP contribution in [-0.2, 0) is 17.8 Å². The summed E-state index contributed by atoms with van der Waals surface area (Å²) in [5, 5.41) is 14.1. The summed E-state index contributed by atoms with van der Waals surface area (Å²) >= 11 is 0. The van der Waals surface area contributed by atoms with Crippen LogP contribution in [0.15, 0.2) is 69.9 Å². The average Bonchev–Trinajstić information content (AvgIpc) is 2.93. The minimum atomic E-state index is -0.638. The van der Waals surface area contributed by atoms with Crippen LogP contribution in [0.1, 0.15) is 48.8 Å². The van der Waals surface area contributed by atoms with Gasteiger partial charge in [0, 0.05) is 30.5 Å². The quantitative estimate of drug-likeness (QED) is 0.357. The molecule has 2 atom stereocenters. The molecule has 4 aromatic rings. The molecule has 196 valence electrons. The lowest BCUT2D eigenvalue weighted by molar-refractivity contribution is -0.142. The molecule has 3 aromatic carbocycles. The number of aliphatic hydroxyl groups is 1. The molecule has 1 aliphatic heterocycles. The molecule has 1 saturated carbocycles. The Morgan fingerprint density at radius 1 is 1.08 bits per heavy atom. The van der Waals surface area contributed by atoms with Crippen molar-refractivity contribution < 1.29 is 19.1 Å². The van der Waals surface area contributed by atoms with Crippen LogP contribution < -0.4 is 10.4 Å². The van der Waals surface area contributed by atoms with Crippen LogP contribution in [-0.4, -0.2) is 34.6 Å². The van der Waals surface area contributed by atoms with Gasteiger partial charge in [0.1, 0.15) is 17.9 Å². The van der Waals surface area contributed by atoms with Gasteiger partial charge in [-0.3, -0.25) is 4.79 Å². The summed E-state index contributed by atoms with van der Waals surface area (Å²) in [5.74, 6) is 0.657. The number of ether oxygens (including phenoxy) is 1. The number of carbonyl (C=O) groups is 1. The molecule has 2 heterocycles. The van der Waals surface area contributed by atoms with Gasteiger partial charge in [0.2, 0.25) is 5.91 Å². The molecule has 6 rings (SSSR count). The molecule has 1 aliphatic carbocycles. The van der Waals surface area contributed by atoms with Crippen molar-refractivity contribution in [3.8, 4) is 5.75 Å². The predicted molar refractivity (Wildman–Crippen MR) is 147 cm³/mol. The number of piperidine rings is 1. The smallest absolute Gasteiger partial charge is 0.340 e. The van der Waals surface area contributed by atoms with Crippen molar-refractivity contribution in [2.24, 2.45) is 5.92 Å². The van der Waals surface area contributed by atoms with Crippen LogP contribution in [0, 0.1) is 12.8 Å². The Labute approximate surface area is 221 Å². The zero-order chi connectivity index (χ0) is 26.3. The number of nitrogens with zero attached hydrogens (tertiary/aromatic N) is 1. The highest BCUT2D eigenvalue weighted by Gasteiger charge is 2.43. The Kier molecular flexibility index (Phi) is 6.44. The van der Waals surface area contributed by atoms with Gasteiger partial charge in [-0.05, 0) is 66.3 Å². The highest BCUT2D eigenvalue weighted by molar-refractivity contribution is 5.85. The van der Waals surface area contributed by atoms with E-state index in [0.717, 1.165) is 47.6 Å². The molecule has 0 unspecified atom stereocenters. The van der Waals surface area contributed by atoms with E-state index in [-0.39, 0.29) is 18.2 Å². The number of rotatable bonds is 5. The lowest BCUT2D eigenvalue weighted by atomic mass is 9.71. The van der Waals surface area contributed by atoms with Gasteiger partial charge in [-0.15, -0.1) is 0 Å². The third kappa shape index (κ3) is 4.69. The van der Waals surface area contributed by atoms with Crippen molar-refractivity contribution in [2.45, 2.75) is 57.7 Å². The Morgan fingerprint density at radius 3 is 2.79 bits per heavy atom. The normalized spacial score (nSPS) is 21.4. The van der Waals surface area contributed by atoms with Crippen LogP contribution in [0.5, 0.6) is 5.75 Å². The van der Waals surface area contributed by atoms with Gasteiger partial charge in [0.15, 0.2) is 0 Å². The van der Waals surface area contributed by atoms with Gasteiger partial charge < -0.3 is 19.2 Å². The highest BCUT2D eigenvalue weighted by Crippen LogP contribution is 2.40. The molecule has 1 aromatic heterocycles. The molecule has 0 radical (unpaired) electrons. The first-order chi connectivity index (χ1) is 18.4. The van der Waals surface area contributed by atoms with E-state index in [1.165, 1.54) is 5.39 Å². The number of fused-ring (bicyclic) bond motifs is 3. The molecule has 1 saturated heterocycles. The van der Waals surface area contributed by atoms with Crippen molar-refractivity contribution in [1.29, 1.82) is 0 Å². The third-order valence-electron chi connectivity index (χ3n) is 8.59. The van der Waals surface area contributed by atoms with E-state index in [4.69, 9.17) is 9.15 Å². The summed E-state index contributed by atoms with van der Waals surface area (Å²) in [5.41, 5.74) is 1.54. The molecule has 2 fully saturated rings. The Bertz CT molecular complexity index is 1570. The number of hydrogen-bond donors (Lipinski definition) is 1. The van der Waals surface area contributed by atoms with E-state index in [1.807, 2.05) is 42.2 Å². The number of likely N-dealkylation sites (tertiary alicyclic amines) is 1. The van der Waals surface area contributed by atoms with Gasteiger partial charge in [0.25, 0.3) is 0 Å². The summed E-state index contributed by atoms with van der Waals surface area (Å²) in [6.45, 7) is 3.36. The monoisotopic (exact) mass is 511 g/mol. The molecule has 0 spiro atoms. The molecule has 0 bridgehead atoms. The molecule has 2 aliphatic rings. The fraction of sp³-hybridized carbons (Fsp3) is 0.375. The van der Waals surface area contributed by atoms with Crippen molar-refractivity contribution in [3.63, 3.8) is 0 Å². The highest BCUT2D eigenvalue weighted by atomic mass is 16.5. The standard InChI is InChI=1S/C32H33NO5/c1-21-27-12-11-26(37-20-22-9-10-23-6-2-3-7-24(23)16-22)17-29(27)38-31(35)28(21)18-30(34)33-15-14-32(36)13-5-4-8-25(32)19-33/h2-3,6-7,9-12,16-17,25,36H,4-5,8,13-15,18-20H2,1H3/t25-,32+/m1/s1. The van der Waals surface area contributed by atoms with Crippen LogP contribution >= 0.6 is 0 Å². The van der Waals surface area contributed by atoms with Crippen LogP contribution in [0.4, 0.5) is 0 Å². The minimum Gasteiger partial charge on any atom is -0.489 e. The summed E-state index contributed by atoms with van der Waals surface area (Å²) in [6, 6.07) is 19.9. The molecular weight excluding hydrogens is 478 g/mol. The second-order valence-corrected chi connectivity index (χ2v) is 10.9. The van der Waals surface area contributed by atoms with Gasteiger partial charge in [-0.1, -0.05) is 49.2 Å². The average molecular weight is 512 g/mol. The second-order valence-electron chi connectivity index (χ2n) is 10.9. The summed E-state index contributed by atoms with van der Waals surface area (Å²) in [7, 11) is 0. The van der Waals surface area contributed by atoms with Crippen molar-refractivity contribution in [1.82, 2.24) is 4.90 Å². The molecule has 6 heteroatoms. The lowest BCUT2D eigenvalue weighted by Crippen LogP contribution is -2.55. The molecule has 6 nitrogen and oxygen atoms in total. The Hall–Kier alpha value is -3.64. The van der Waals surface area contributed by atoms with E-state index in [0.29, 0.717) is 43.0 Å². The maximum absolute atomic E-state index is 13.2. The van der Waals surface area contributed by atoms with E-state index in [9.17, 15) is 14.7 Å². The number of aryl methyl sites for hydroxylation is 1. The van der Waals surface area contributed by atoms with Gasteiger partial charge in [-0.25, -0.2) is 4.79 Å². The number of amides is 1.